The number of hydrogen-bond donors (Lipinski definition) is 1. The normalized spacial score (nSPS) is 11.6. The summed E-state index contributed by atoms with van der Waals surface area (Å²) in [5.74, 6) is -0.439. The van der Waals surface area contributed by atoms with E-state index in [-0.39, 0.29) is 27.9 Å². The number of hydrogen-bond acceptors (Lipinski definition) is 5. The Balaban J connectivity index is 1.81. The number of aromatic nitrogens is 6. The van der Waals surface area contributed by atoms with Crippen LogP contribution in [0.15, 0.2) is 24.7 Å². The molecule has 0 saturated heterocycles. The van der Waals surface area contributed by atoms with Crippen molar-refractivity contribution in [1.82, 2.24) is 29.5 Å². The molecule has 0 atom stereocenters. The lowest BCUT2D eigenvalue weighted by molar-refractivity contribution is -0.141. The molecule has 1 N–H and O–H groups in total. The van der Waals surface area contributed by atoms with Crippen molar-refractivity contribution in [3.8, 4) is 11.4 Å². The SMILES string of the molecule is Cn1nc(C(F)(F)F)cc1-c1cnc(NC(=O)c2c(Cl)cnn2C)cn1. The van der Waals surface area contributed by atoms with Gasteiger partial charge in [-0.2, -0.15) is 23.4 Å². The summed E-state index contributed by atoms with van der Waals surface area (Å²) in [5.41, 5.74) is -0.580. The van der Waals surface area contributed by atoms with Gasteiger partial charge in [0.05, 0.1) is 29.3 Å². The van der Waals surface area contributed by atoms with Crippen molar-refractivity contribution in [1.29, 1.82) is 0 Å². The minimum atomic E-state index is -4.56. The zero-order chi connectivity index (χ0) is 19.1. The van der Waals surface area contributed by atoms with Gasteiger partial charge in [-0.15, -0.1) is 0 Å². The molecule has 0 fully saturated rings. The first kappa shape index (κ1) is 17.9. The number of halogens is 4. The number of nitrogens with zero attached hydrogens (tertiary/aromatic N) is 6. The molecule has 3 aromatic rings. The Morgan fingerprint density at radius 2 is 1.88 bits per heavy atom. The van der Waals surface area contributed by atoms with E-state index in [1.165, 1.54) is 30.3 Å². The van der Waals surface area contributed by atoms with Crippen LogP contribution in [-0.4, -0.2) is 35.4 Å². The van der Waals surface area contributed by atoms with E-state index in [2.05, 4.69) is 25.5 Å². The summed E-state index contributed by atoms with van der Waals surface area (Å²) < 4.78 is 40.5. The molecule has 3 aromatic heterocycles. The minimum absolute atomic E-state index is 0.106. The molecular weight excluding hydrogens is 375 g/mol. The number of anilines is 1. The Hall–Kier alpha value is -2.95. The number of carbonyl (C=O) groups is 1. The average Bonchev–Trinajstić information content (AvgIpc) is 3.11. The summed E-state index contributed by atoms with van der Waals surface area (Å²) in [7, 11) is 2.92. The van der Waals surface area contributed by atoms with Crippen molar-refractivity contribution in [3.63, 3.8) is 0 Å². The van der Waals surface area contributed by atoms with Crippen molar-refractivity contribution < 1.29 is 18.0 Å². The van der Waals surface area contributed by atoms with Crippen LogP contribution < -0.4 is 5.32 Å². The first-order valence-electron chi connectivity index (χ1n) is 7.09. The summed E-state index contributed by atoms with van der Waals surface area (Å²) in [6.45, 7) is 0. The van der Waals surface area contributed by atoms with Crippen LogP contribution in [0.4, 0.5) is 19.0 Å². The molecule has 0 aliphatic heterocycles. The van der Waals surface area contributed by atoms with Crippen LogP contribution in [0, 0.1) is 0 Å². The van der Waals surface area contributed by atoms with E-state index in [0.717, 1.165) is 10.7 Å². The Morgan fingerprint density at radius 3 is 2.38 bits per heavy atom. The smallest absolute Gasteiger partial charge is 0.304 e. The largest absolute Gasteiger partial charge is 0.435 e. The van der Waals surface area contributed by atoms with Crippen LogP contribution in [0.25, 0.3) is 11.4 Å². The summed E-state index contributed by atoms with van der Waals surface area (Å²) in [6.07, 6.45) is -0.777. The fourth-order valence-corrected chi connectivity index (χ4v) is 2.46. The Kier molecular flexibility index (Phi) is 4.40. The molecule has 12 heteroatoms. The number of nitrogens with one attached hydrogen (secondary N) is 1. The topological polar surface area (TPSA) is 90.5 Å². The highest BCUT2D eigenvalue weighted by Crippen LogP contribution is 2.30. The maximum Gasteiger partial charge on any atom is 0.435 e. The van der Waals surface area contributed by atoms with E-state index in [9.17, 15) is 18.0 Å². The summed E-state index contributed by atoms with van der Waals surface area (Å²) in [5, 5.41) is 9.92. The molecule has 1 amide bonds. The number of amides is 1. The molecule has 0 radical (unpaired) electrons. The van der Waals surface area contributed by atoms with Gasteiger partial charge in [0.25, 0.3) is 5.91 Å². The van der Waals surface area contributed by atoms with Gasteiger partial charge in [-0.3, -0.25) is 14.2 Å². The molecule has 3 heterocycles. The summed E-state index contributed by atoms with van der Waals surface area (Å²) >= 11 is 5.89. The van der Waals surface area contributed by atoms with Gasteiger partial charge in [0.1, 0.15) is 11.4 Å². The van der Waals surface area contributed by atoms with Crippen LogP contribution in [0.1, 0.15) is 16.2 Å². The van der Waals surface area contributed by atoms with E-state index in [4.69, 9.17) is 11.6 Å². The lowest BCUT2D eigenvalue weighted by atomic mass is 10.3. The van der Waals surface area contributed by atoms with Gasteiger partial charge in [-0.1, -0.05) is 11.6 Å². The number of alkyl halides is 3. The lowest BCUT2D eigenvalue weighted by Gasteiger charge is -2.06. The number of aryl methyl sites for hydroxylation is 2. The Bertz CT molecular complexity index is 943. The van der Waals surface area contributed by atoms with Gasteiger partial charge in [0, 0.05) is 14.1 Å². The maximum absolute atomic E-state index is 12.7. The molecule has 0 saturated carbocycles. The highest BCUT2D eigenvalue weighted by atomic mass is 35.5. The molecular formula is C14H11ClF3N7O. The molecule has 0 aromatic carbocycles. The van der Waals surface area contributed by atoms with E-state index in [1.54, 1.807) is 7.05 Å². The first-order valence-corrected chi connectivity index (χ1v) is 7.47. The Morgan fingerprint density at radius 1 is 1.15 bits per heavy atom. The second kappa shape index (κ2) is 6.41. The Labute approximate surface area is 149 Å². The summed E-state index contributed by atoms with van der Waals surface area (Å²) in [4.78, 5) is 20.2. The van der Waals surface area contributed by atoms with Gasteiger partial charge >= 0.3 is 6.18 Å². The van der Waals surface area contributed by atoms with Crippen molar-refractivity contribution in [2.24, 2.45) is 14.1 Å². The van der Waals surface area contributed by atoms with Crippen molar-refractivity contribution in [2.45, 2.75) is 6.18 Å². The minimum Gasteiger partial charge on any atom is -0.304 e. The zero-order valence-electron chi connectivity index (χ0n) is 13.4. The average molecular weight is 386 g/mol. The van der Waals surface area contributed by atoms with Crippen molar-refractivity contribution in [2.75, 3.05) is 5.32 Å². The van der Waals surface area contributed by atoms with Crippen LogP contribution in [0.2, 0.25) is 5.02 Å². The van der Waals surface area contributed by atoms with Gasteiger partial charge in [0.2, 0.25) is 0 Å². The second-order valence-electron chi connectivity index (χ2n) is 5.24. The predicted molar refractivity (Wildman–Crippen MR) is 85.4 cm³/mol. The van der Waals surface area contributed by atoms with E-state index >= 15 is 0 Å². The standard InChI is InChI=1S/C14H11ClF3N7O/c1-24-9(3-10(23-24)14(16,17)18)8-5-20-11(6-19-8)22-13(26)12-7(15)4-21-25(12)2/h3-6H,1-2H3,(H,20,22,26). The molecule has 0 unspecified atom stereocenters. The van der Waals surface area contributed by atoms with Gasteiger partial charge < -0.3 is 5.32 Å². The summed E-state index contributed by atoms with van der Waals surface area (Å²) in [6, 6.07) is 0.873. The fraction of sp³-hybridized carbons (Fsp3) is 0.214. The van der Waals surface area contributed by atoms with Gasteiger partial charge in [-0.25, -0.2) is 9.97 Å². The third-order valence-electron chi connectivity index (χ3n) is 3.44. The molecule has 3 rings (SSSR count). The molecule has 0 aliphatic rings. The molecule has 0 aliphatic carbocycles. The number of rotatable bonds is 3. The molecule has 26 heavy (non-hydrogen) atoms. The van der Waals surface area contributed by atoms with Crippen molar-refractivity contribution in [3.05, 3.63) is 41.1 Å². The molecule has 136 valence electrons. The highest BCUT2D eigenvalue weighted by molar-refractivity contribution is 6.34. The van der Waals surface area contributed by atoms with Crippen LogP contribution in [0.5, 0.6) is 0 Å². The molecule has 8 nitrogen and oxygen atoms in total. The van der Waals surface area contributed by atoms with Gasteiger partial charge in [-0.05, 0) is 6.07 Å². The van der Waals surface area contributed by atoms with E-state index in [0.29, 0.717) is 0 Å². The van der Waals surface area contributed by atoms with Crippen LogP contribution in [0.3, 0.4) is 0 Å². The monoisotopic (exact) mass is 385 g/mol. The van der Waals surface area contributed by atoms with E-state index < -0.39 is 17.8 Å². The van der Waals surface area contributed by atoms with Gasteiger partial charge in [0.15, 0.2) is 11.5 Å². The third-order valence-corrected chi connectivity index (χ3v) is 3.71. The number of carbonyl (C=O) groups excluding carboxylic acids is 1. The fourth-order valence-electron chi connectivity index (χ4n) is 2.21. The van der Waals surface area contributed by atoms with E-state index in [1.807, 2.05) is 0 Å². The quantitative estimate of drug-likeness (QED) is 0.748. The third kappa shape index (κ3) is 3.38. The molecule has 0 spiro atoms. The highest BCUT2D eigenvalue weighted by Gasteiger charge is 2.34. The second-order valence-corrected chi connectivity index (χ2v) is 5.65. The van der Waals surface area contributed by atoms with Crippen molar-refractivity contribution >= 4 is 23.3 Å². The van der Waals surface area contributed by atoms with Crippen LogP contribution in [-0.2, 0) is 20.3 Å². The predicted octanol–water partition coefficient (Wildman–Crippen LogP) is 2.54. The maximum atomic E-state index is 12.7. The lowest BCUT2D eigenvalue weighted by Crippen LogP contribution is -2.17. The first-order chi connectivity index (χ1) is 12.2. The molecule has 0 bridgehead atoms. The zero-order valence-corrected chi connectivity index (χ0v) is 14.2. The van der Waals surface area contributed by atoms with Crippen LogP contribution >= 0.6 is 11.6 Å².